The minimum Gasteiger partial charge on any atom is -0.300 e. The molecule has 0 saturated heterocycles. The number of allylic oxidation sites excluding steroid dienone is 2. The molecule has 4 aliphatic rings. The summed E-state index contributed by atoms with van der Waals surface area (Å²) in [6.45, 7) is 6.92. The number of ketones is 1. The van der Waals surface area contributed by atoms with Gasteiger partial charge in [0.15, 0.2) is 0 Å². The molecule has 1 aromatic carbocycles. The van der Waals surface area contributed by atoms with Crippen molar-refractivity contribution in [1.82, 2.24) is 0 Å². The molecule has 3 fully saturated rings. The Morgan fingerprint density at radius 3 is 2.43 bits per heavy atom. The zero-order valence-electron chi connectivity index (χ0n) is 18.8. The molecule has 3 nitrogen and oxygen atoms in total. The summed E-state index contributed by atoms with van der Waals surface area (Å²) < 4.78 is 10.6. The fourth-order valence-electron chi connectivity index (χ4n) is 6.97. The van der Waals surface area contributed by atoms with E-state index < -0.39 is 11.0 Å². The normalized spacial score (nSPS) is 36.2. The van der Waals surface area contributed by atoms with E-state index in [1.165, 1.54) is 51.4 Å². The molecular formula is C26H37NO2S. The van der Waals surface area contributed by atoms with E-state index in [-0.39, 0.29) is 0 Å². The van der Waals surface area contributed by atoms with Gasteiger partial charge in [-0.2, -0.15) is 0 Å². The lowest BCUT2D eigenvalue weighted by Crippen LogP contribution is -2.45. The second kappa shape index (κ2) is 8.35. The molecule has 5 rings (SSSR count). The molecule has 1 aromatic rings. The first-order valence-electron chi connectivity index (χ1n) is 11.7. The smallest absolute Gasteiger partial charge is 0.133 e. The first-order chi connectivity index (χ1) is 14.2. The van der Waals surface area contributed by atoms with Crippen LogP contribution in [0.1, 0.15) is 83.6 Å². The molecule has 3 saturated carbocycles. The SMILES string of the molecule is CC12CCCC1=C1CCC3(C)CC(=O)CCC3C1CC2.Cc1ccc(S(N)=O)cc1. The van der Waals surface area contributed by atoms with Crippen LogP contribution in [0.5, 0.6) is 0 Å². The molecule has 4 heteroatoms. The lowest BCUT2D eigenvalue weighted by atomic mass is 9.51. The van der Waals surface area contributed by atoms with E-state index in [1.807, 2.05) is 30.2 Å². The topological polar surface area (TPSA) is 60.2 Å². The second-order valence-corrected chi connectivity index (χ2v) is 11.8. The van der Waals surface area contributed by atoms with Crippen LogP contribution in [0, 0.1) is 29.6 Å². The molecule has 5 atom stereocenters. The van der Waals surface area contributed by atoms with Gasteiger partial charge in [-0.25, -0.2) is 9.35 Å². The molecular weight excluding hydrogens is 390 g/mol. The average molecular weight is 428 g/mol. The maximum absolute atomic E-state index is 11.9. The third kappa shape index (κ3) is 4.10. The highest BCUT2D eigenvalue weighted by molar-refractivity contribution is 7.82. The molecule has 5 unspecified atom stereocenters. The zero-order chi connectivity index (χ0) is 21.5. The number of nitrogens with two attached hydrogens (primary N) is 1. The summed E-state index contributed by atoms with van der Waals surface area (Å²) in [5.74, 6) is 2.17. The number of aryl methyl sites for hydroxylation is 1. The van der Waals surface area contributed by atoms with Crippen LogP contribution >= 0.6 is 0 Å². The Morgan fingerprint density at radius 2 is 1.73 bits per heavy atom. The van der Waals surface area contributed by atoms with Crippen molar-refractivity contribution in [3.05, 3.63) is 41.0 Å². The summed E-state index contributed by atoms with van der Waals surface area (Å²) in [5, 5.41) is 5.14. The van der Waals surface area contributed by atoms with Crippen LogP contribution in [0.15, 0.2) is 40.3 Å². The maximum Gasteiger partial charge on any atom is 0.133 e. The Morgan fingerprint density at radius 1 is 1.00 bits per heavy atom. The summed E-state index contributed by atoms with van der Waals surface area (Å²) in [6, 6.07) is 7.32. The van der Waals surface area contributed by atoms with Gasteiger partial charge < -0.3 is 0 Å². The van der Waals surface area contributed by atoms with Crippen LogP contribution in [-0.4, -0.2) is 9.99 Å². The van der Waals surface area contributed by atoms with Crippen LogP contribution in [0.25, 0.3) is 0 Å². The van der Waals surface area contributed by atoms with E-state index in [2.05, 4.69) is 13.8 Å². The summed E-state index contributed by atoms with van der Waals surface area (Å²) in [4.78, 5) is 12.6. The van der Waals surface area contributed by atoms with Gasteiger partial charge in [-0.1, -0.05) is 42.7 Å². The van der Waals surface area contributed by atoms with Crippen LogP contribution in [0.3, 0.4) is 0 Å². The standard InChI is InChI=1S/C19H28O.C7H9NOS/c1-18-9-3-4-16(18)14-8-11-19(2)12-13(20)5-6-17(19)15(14)7-10-18;1-6-2-4-7(5-3-6)10(8)9/h15,17H,3-12H2,1-2H3;2-5H,8H2,1H3. The largest absolute Gasteiger partial charge is 0.300 e. The van der Waals surface area contributed by atoms with Crippen molar-refractivity contribution in [1.29, 1.82) is 0 Å². The van der Waals surface area contributed by atoms with Crippen molar-refractivity contribution in [3.63, 3.8) is 0 Å². The van der Waals surface area contributed by atoms with E-state index in [9.17, 15) is 9.00 Å². The number of carbonyl (C=O) groups excluding carboxylic acids is 1. The van der Waals surface area contributed by atoms with Crippen LogP contribution in [0.4, 0.5) is 0 Å². The Labute approximate surface area is 184 Å². The molecule has 0 aromatic heterocycles. The predicted octanol–water partition coefficient (Wildman–Crippen LogP) is 6.03. The zero-order valence-corrected chi connectivity index (χ0v) is 19.7. The fraction of sp³-hybridized carbons (Fsp3) is 0.654. The van der Waals surface area contributed by atoms with Gasteiger partial charge in [0.25, 0.3) is 0 Å². The highest BCUT2D eigenvalue weighted by Gasteiger charge is 2.51. The summed E-state index contributed by atoms with van der Waals surface area (Å²) >= 11 is 0. The highest BCUT2D eigenvalue weighted by atomic mass is 32.2. The Hall–Kier alpha value is -1.26. The number of hydrogen-bond acceptors (Lipinski definition) is 2. The van der Waals surface area contributed by atoms with E-state index in [4.69, 9.17) is 5.14 Å². The molecule has 0 radical (unpaired) electrons. The van der Waals surface area contributed by atoms with Gasteiger partial charge in [-0.3, -0.25) is 4.79 Å². The van der Waals surface area contributed by atoms with Gasteiger partial charge in [0.05, 0.1) is 4.90 Å². The van der Waals surface area contributed by atoms with Gasteiger partial charge in [-0.05, 0) is 93.1 Å². The maximum atomic E-state index is 11.9. The summed E-state index contributed by atoms with van der Waals surface area (Å²) in [6.07, 6.45) is 12.5. The molecule has 4 aliphatic carbocycles. The third-order valence-electron chi connectivity index (χ3n) is 8.66. The van der Waals surface area contributed by atoms with E-state index >= 15 is 0 Å². The third-order valence-corrected chi connectivity index (χ3v) is 9.40. The minimum absolute atomic E-state index is 0.330. The van der Waals surface area contributed by atoms with Crippen molar-refractivity contribution >= 4 is 16.8 Å². The van der Waals surface area contributed by atoms with Gasteiger partial charge >= 0.3 is 0 Å². The monoisotopic (exact) mass is 427 g/mol. The number of hydrogen-bond donors (Lipinski definition) is 1. The summed E-state index contributed by atoms with van der Waals surface area (Å²) in [5.41, 5.74) is 5.77. The molecule has 2 N–H and O–H groups in total. The lowest BCUT2D eigenvalue weighted by molar-refractivity contribution is -0.127. The molecule has 0 spiro atoms. The van der Waals surface area contributed by atoms with Crippen molar-refractivity contribution in [3.8, 4) is 0 Å². The number of benzene rings is 1. The number of rotatable bonds is 1. The van der Waals surface area contributed by atoms with Gasteiger partial charge in [0, 0.05) is 12.8 Å². The predicted molar refractivity (Wildman–Crippen MR) is 123 cm³/mol. The fourth-order valence-corrected chi connectivity index (χ4v) is 7.38. The van der Waals surface area contributed by atoms with E-state index in [0.717, 1.165) is 30.2 Å². The molecule has 0 amide bonds. The van der Waals surface area contributed by atoms with E-state index in [1.54, 1.807) is 12.1 Å². The molecule has 0 bridgehead atoms. The number of fused-ring (bicyclic) bond motifs is 4. The second-order valence-electron chi connectivity index (χ2n) is 10.7. The lowest BCUT2D eigenvalue weighted by Gasteiger charge is -2.53. The average Bonchev–Trinajstić information content (AvgIpc) is 3.09. The van der Waals surface area contributed by atoms with Gasteiger partial charge in [0.1, 0.15) is 16.8 Å². The van der Waals surface area contributed by atoms with Crippen LogP contribution in [-0.2, 0) is 15.8 Å². The van der Waals surface area contributed by atoms with Crippen LogP contribution in [0.2, 0.25) is 0 Å². The Bertz CT molecular complexity index is 874. The number of Topliss-reactive ketones (excluding diaryl/α,β-unsaturated/α-hetero) is 1. The van der Waals surface area contributed by atoms with Crippen molar-refractivity contribution < 1.29 is 9.00 Å². The van der Waals surface area contributed by atoms with Crippen molar-refractivity contribution in [2.75, 3.05) is 0 Å². The van der Waals surface area contributed by atoms with Crippen molar-refractivity contribution in [2.24, 2.45) is 27.8 Å². The first kappa shape index (κ1) is 22.0. The molecule has 164 valence electrons. The molecule has 0 heterocycles. The van der Waals surface area contributed by atoms with Crippen molar-refractivity contribution in [2.45, 2.75) is 89.9 Å². The highest BCUT2D eigenvalue weighted by Crippen LogP contribution is 2.62. The number of carbonyl (C=O) groups is 1. The first-order valence-corrected chi connectivity index (χ1v) is 12.9. The van der Waals surface area contributed by atoms with Gasteiger partial charge in [0.2, 0.25) is 0 Å². The quantitative estimate of drug-likeness (QED) is 0.556. The molecule has 0 aliphatic heterocycles. The van der Waals surface area contributed by atoms with E-state index in [0.29, 0.717) is 21.5 Å². The summed E-state index contributed by atoms with van der Waals surface area (Å²) in [7, 11) is -1.34. The Balaban J connectivity index is 0.000000185. The van der Waals surface area contributed by atoms with Crippen LogP contribution < -0.4 is 5.14 Å². The minimum atomic E-state index is -1.34. The van der Waals surface area contributed by atoms with Gasteiger partial charge in [-0.15, -0.1) is 0 Å². The Kier molecular flexibility index (Phi) is 6.11. The molecule has 30 heavy (non-hydrogen) atoms.